The zero-order chi connectivity index (χ0) is 26.9. The molecule has 36 heavy (non-hydrogen) atoms. The molecule has 2 aromatic rings. The molecule has 10 heteroatoms. The summed E-state index contributed by atoms with van der Waals surface area (Å²) in [5.74, 6) is -0.886. The van der Waals surface area contributed by atoms with Crippen molar-refractivity contribution in [1.29, 1.82) is 0 Å². The van der Waals surface area contributed by atoms with E-state index in [0.29, 0.717) is 29.1 Å². The van der Waals surface area contributed by atoms with Gasteiger partial charge in [-0.3, -0.25) is 4.79 Å². The van der Waals surface area contributed by atoms with Gasteiger partial charge in [0.1, 0.15) is 5.00 Å². The Morgan fingerprint density at radius 3 is 2.36 bits per heavy atom. The number of thiophene rings is 1. The number of amides is 1. The number of carbonyl (C=O) groups excluding carboxylic acids is 2. The van der Waals surface area contributed by atoms with Crippen LogP contribution in [0.2, 0.25) is 0 Å². The number of nitrogens with one attached hydrogen (secondary N) is 2. The van der Waals surface area contributed by atoms with Crippen molar-refractivity contribution < 1.29 is 22.7 Å². The molecule has 8 nitrogen and oxygen atoms in total. The average molecular weight is 536 g/mol. The van der Waals surface area contributed by atoms with Gasteiger partial charge in [0.15, 0.2) is 0 Å². The van der Waals surface area contributed by atoms with Gasteiger partial charge in [0.25, 0.3) is 5.91 Å². The number of nitrogens with zero attached hydrogens (tertiary/aromatic N) is 1. The van der Waals surface area contributed by atoms with Crippen LogP contribution < -0.4 is 10.6 Å². The molecule has 1 aliphatic rings. The van der Waals surface area contributed by atoms with Crippen LogP contribution in [0.5, 0.6) is 0 Å². The molecule has 2 heterocycles. The van der Waals surface area contributed by atoms with E-state index in [0.717, 1.165) is 23.3 Å². The zero-order valence-corrected chi connectivity index (χ0v) is 23.8. The summed E-state index contributed by atoms with van der Waals surface area (Å²) in [6.07, 6.45) is 2.28. The molecular formula is C26H37N3O5S2. The first-order chi connectivity index (χ1) is 16.7. The number of unbranched alkanes of at least 4 members (excludes halogenated alkanes) is 1. The number of ether oxygens (including phenoxy) is 1. The number of hydrogen-bond donors (Lipinski definition) is 2. The second-order valence-electron chi connectivity index (χ2n) is 10.3. The molecule has 0 atom stereocenters. The van der Waals surface area contributed by atoms with Gasteiger partial charge in [0, 0.05) is 35.1 Å². The Bertz CT molecular complexity index is 1230. The molecule has 2 N–H and O–H groups in total. The Labute approximate surface area is 218 Å². The molecule has 0 bridgehead atoms. The number of hydrogen-bond acceptors (Lipinski definition) is 7. The lowest BCUT2D eigenvalue weighted by molar-refractivity contribution is 0.0525. The van der Waals surface area contributed by atoms with Crippen LogP contribution in [-0.4, -0.2) is 50.3 Å². The molecule has 0 spiro atoms. The van der Waals surface area contributed by atoms with Crippen LogP contribution in [0.4, 0.5) is 5.00 Å². The smallest absolute Gasteiger partial charge is 0.341 e. The van der Waals surface area contributed by atoms with E-state index in [1.165, 1.54) is 39.9 Å². The van der Waals surface area contributed by atoms with Gasteiger partial charge in [-0.25, -0.2) is 17.5 Å². The van der Waals surface area contributed by atoms with Crippen molar-refractivity contribution in [2.75, 3.05) is 25.5 Å². The summed E-state index contributed by atoms with van der Waals surface area (Å²) >= 11 is 1.37. The summed E-state index contributed by atoms with van der Waals surface area (Å²) in [6.45, 7) is 12.7. The van der Waals surface area contributed by atoms with E-state index in [-0.39, 0.29) is 17.0 Å². The highest BCUT2D eigenvalue weighted by atomic mass is 32.2. The molecule has 3 rings (SSSR count). The highest BCUT2D eigenvalue weighted by Gasteiger charge is 2.42. The van der Waals surface area contributed by atoms with Gasteiger partial charge in [0.05, 0.1) is 17.1 Å². The number of benzene rings is 1. The molecule has 0 radical (unpaired) electrons. The fraction of sp³-hybridized carbons (Fsp3) is 0.538. The lowest BCUT2D eigenvalue weighted by Gasteiger charge is -2.42. The molecular weight excluding hydrogens is 498 g/mol. The van der Waals surface area contributed by atoms with Crippen molar-refractivity contribution in [3.63, 3.8) is 0 Å². The average Bonchev–Trinajstić information content (AvgIpc) is 3.14. The summed E-state index contributed by atoms with van der Waals surface area (Å²) in [4.78, 5) is 27.2. The normalized spacial score (nSPS) is 16.4. The number of fused-ring (bicyclic) bond motifs is 1. The molecule has 1 aromatic heterocycles. The van der Waals surface area contributed by atoms with Crippen LogP contribution in [0.1, 0.15) is 85.5 Å². The molecule has 0 fully saturated rings. The Kier molecular flexibility index (Phi) is 8.34. The van der Waals surface area contributed by atoms with E-state index in [1.54, 1.807) is 14.0 Å². The summed E-state index contributed by atoms with van der Waals surface area (Å²) in [7, 11) is -2.07. The van der Waals surface area contributed by atoms with Gasteiger partial charge >= 0.3 is 5.97 Å². The Balaban J connectivity index is 1.92. The van der Waals surface area contributed by atoms with Crippen LogP contribution in [0, 0.1) is 0 Å². The molecule has 1 amide bonds. The molecule has 1 aromatic carbocycles. The van der Waals surface area contributed by atoms with Gasteiger partial charge in [-0.2, -0.15) is 0 Å². The van der Waals surface area contributed by atoms with Crippen molar-refractivity contribution in [1.82, 2.24) is 9.62 Å². The fourth-order valence-electron chi connectivity index (χ4n) is 4.67. The highest BCUT2D eigenvalue weighted by Crippen LogP contribution is 2.45. The summed E-state index contributed by atoms with van der Waals surface area (Å²) in [5, 5.41) is 6.94. The molecule has 0 unspecified atom stereocenters. The summed E-state index contributed by atoms with van der Waals surface area (Å²) in [5.41, 5.74) is 0.935. The van der Waals surface area contributed by atoms with Gasteiger partial charge in [-0.15, -0.1) is 11.3 Å². The lowest BCUT2D eigenvalue weighted by atomic mass is 9.81. The monoisotopic (exact) mass is 535 g/mol. The Morgan fingerprint density at radius 1 is 1.14 bits per heavy atom. The third kappa shape index (κ3) is 5.82. The topological polar surface area (TPSA) is 105 Å². The van der Waals surface area contributed by atoms with Crippen molar-refractivity contribution >= 4 is 38.2 Å². The van der Waals surface area contributed by atoms with E-state index >= 15 is 0 Å². The van der Waals surface area contributed by atoms with Gasteiger partial charge in [0.2, 0.25) is 10.0 Å². The van der Waals surface area contributed by atoms with E-state index < -0.39 is 27.4 Å². The van der Waals surface area contributed by atoms with E-state index in [2.05, 4.69) is 38.3 Å². The van der Waals surface area contributed by atoms with Crippen molar-refractivity contribution in [3.8, 4) is 0 Å². The van der Waals surface area contributed by atoms with Crippen molar-refractivity contribution in [3.05, 3.63) is 45.8 Å². The first kappa shape index (κ1) is 28.3. The van der Waals surface area contributed by atoms with Gasteiger partial charge in [-0.1, -0.05) is 13.3 Å². The number of sulfonamides is 1. The maximum Gasteiger partial charge on any atom is 0.341 e. The number of carbonyl (C=O) groups is 2. The summed E-state index contributed by atoms with van der Waals surface area (Å²) < 4.78 is 32.2. The minimum Gasteiger partial charge on any atom is -0.462 e. The predicted octanol–water partition coefficient (Wildman–Crippen LogP) is 4.76. The van der Waals surface area contributed by atoms with Crippen LogP contribution in [0.3, 0.4) is 0 Å². The lowest BCUT2D eigenvalue weighted by Crippen LogP contribution is -2.55. The molecule has 198 valence electrons. The van der Waals surface area contributed by atoms with Crippen molar-refractivity contribution in [2.24, 2.45) is 0 Å². The standard InChI is InChI=1S/C26H37N3O5S2/c1-8-10-15-29(7)36(32,33)18-13-11-17(12-14-18)22(30)27-23-20(24(31)34-9-2)19-16-25(3,4)28-26(5,6)21(19)35-23/h11-14,28H,8-10,15-16H2,1-7H3,(H,27,30). The second-order valence-corrected chi connectivity index (χ2v) is 13.4. The van der Waals surface area contributed by atoms with Crippen LogP contribution in [0.15, 0.2) is 29.2 Å². The molecule has 1 aliphatic heterocycles. The molecule has 0 saturated heterocycles. The highest BCUT2D eigenvalue weighted by molar-refractivity contribution is 7.89. The maximum absolute atomic E-state index is 13.2. The molecule has 0 aliphatic carbocycles. The fourth-order valence-corrected chi connectivity index (χ4v) is 7.14. The number of esters is 1. The van der Waals surface area contributed by atoms with E-state index in [4.69, 9.17) is 4.74 Å². The summed E-state index contributed by atoms with van der Waals surface area (Å²) in [6, 6.07) is 5.85. The van der Waals surface area contributed by atoms with Gasteiger partial charge in [-0.05, 0) is 77.3 Å². The van der Waals surface area contributed by atoms with Gasteiger partial charge < -0.3 is 15.4 Å². The maximum atomic E-state index is 13.2. The van der Waals surface area contributed by atoms with Crippen molar-refractivity contribution in [2.45, 2.75) is 76.8 Å². The second kappa shape index (κ2) is 10.6. The zero-order valence-electron chi connectivity index (χ0n) is 22.1. The first-order valence-corrected chi connectivity index (χ1v) is 14.5. The van der Waals surface area contributed by atoms with Crippen LogP contribution in [0.25, 0.3) is 0 Å². The Morgan fingerprint density at radius 2 is 1.78 bits per heavy atom. The Hall–Kier alpha value is -2.27. The largest absolute Gasteiger partial charge is 0.462 e. The quantitative estimate of drug-likeness (QED) is 0.449. The van der Waals surface area contributed by atoms with Crippen LogP contribution in [-0.2, 0) is 26.7 Å². The minimum atomic E-state index is -3.63. The number of rotatable bonds is 9. The third-order valence-electron chi connectivity index (χ3n) is 6.20. The van der Waals surface area contributed by atoms with E-state index in [9.17, 15) is 18.0 Å². The predicted molar refractivity (Wildman–Crippen MR) is 143 cm³/mol. The minimum absolute atomic E-state index is 0.131. The van der Waals surface area contributed by atoms with E-state index in [1.807, 2.05) is 6.92 Å². The van der Waals surface area contributed by atoms with Crippen LogP contribution >= 0.6 is 11.3 Å². The third-order valence-corrected chi connectivity index (χ3v) is 9.54. The SMILES string of the molecule is CCCCN(C)S(=O)(=O)c1ccc(C(=O)Nc2sc3c(c2C(=O)OCC)CC(C)(C)NC3(C)C)cc1. The first-order valence-electron chi connectivity index (χ1n) is 12.2. The number of anilines is 1. The molecule has 0 saturated carbocycles.